The Balaban J connectivity index is 1.53. The van der Waals surface area contributed by atoms with Crippen LogP contribution < -0.4 is 14.4 Å². The minimum absolute atomic E-state index is 0.122. The van der Waals surface area contributed by atoms with Crippen molar-refractivity contribution < 1.29 is 31.1 Å². The molecule has 1 atom stereocenters. The number of aryl methyl sites for hydroxylation is 1. The first-order valence-corrected chi connectivity index (χ1v) is 14.4. The maximum Gasteiger partial charge on any atom is 0.243 e. The van der Waals surface area contributed by atoms with Crippen molar-refractivity contribution in [3.63, 3.8) is 0 Å². The first-order valence-electron chi connectivity index (χ1n) is 11.1. The van der Waals surface area contributed by atoms with Gasteiger partial charge in [-0.25, -0.2) is 16.8 Å². The summed E-state index contributed by atoms with van der Waals surface area (Å²) in [4.78, 5) is 12.8. The van der Waals surface area contributed by atoms with E-state index in [4.69, 9.17) is 9.47 Å². The highest BCUT2D eigenvalue weighted by Crippen LogP contribution is 2.22. The highest BCUT2D eigenvalue weighted by molar-refractivity contribution is 7.92. The number of anilines is 1. The number of carbonyl (C=O) groups is 1. The number of hydrogen-bond acceptors (Lipinski definition) is 7. The van der Waals surface area contributed by atoms with E-state index in [1.54, 1.807) is 36.4 Å². The van der Waals surface area contributed by atoms with Gasteiger partial charge in [0.2, 0.25) is 26.0 Å². The SMILES string of the molecule is Cc1ccc(N([C@@H](C)C(=O)NCCOc2ccc(S(=O)(=O)N3CCOCC3)cc2)S(C)(=O)=O)cc1. The Hall–Kier alpha value is -2.67. The minimum Gasteiger partial charge on any atom is -0.492 e. The fourth-order valence-corrected chi connectivity index (χ4v) is 6.22. The summed E-state index contributed by atoms with van der Waals surface area (Å²) in [6, 6.07) is 12.0. The number of carbonyl (C=O) groups excluding carboxylic acids is 1. The predicted molar refractivity (Wildman–Crippen MR) is 132 cm³/mol. The molecule has 1 saturated heterocycles. The van der Waals surface area contributed by atoms with E-state index in [9.17, 15) is 21.6 Å². The summed E-state index contributed by atoms with van der Waals surface area (Å²) < 4.78 is 63.3. The van der Waals surface area contributed by atoms with Crippen LogP contribution in [-0.4, -0.2) is 78.8 Å². The molecule has 0 aromatic heterocycles. The summed E-state index contributed by atoms with van der Waals surface area (Å²) in [6.07, 6.45) is 1.06. The van der Waals surface area contributed by atoms with Gasteiger partial charge in [0, 0.05) is 13.1 Å². The summed E-state index contributed by atoms with van der Waals surface area (Å²) in [5.41, 5.74) is 1.38. The van der Waals surface area contributed by atoms with Crippen LogP contribution in [0.1, 0.15) is 12.5 Å². The minimum atomic E-state index is -3.69. The van der Waals surface area contributed by atoms with Crippen molar-refractivity contribution in [3.05, 3.63) is 54.1 Å². The maximum atomic E-state index is 12.7. The van der Waals surface area contributed by atoms with E-state index < -0.39 is 32.0 Å². The van der Waals surface area contributed by atoms with Crippen LogP contribution in [0.25, 0.3) is 0 Å². The van der Waals surface area contributed by atoms with Crippen LogP contribution in [-0.2, 0) is 29.6 Å². The van der Waals surface area contributed by atoms with Crippen LogP contribution in [0.15, 0.2) is 53.4 Å². The summed E-state index contributed by atoms with van der Waals surface area (Å²) in [7, 11) is -7.27. The molecule has 1 aliphatic heterocycles. The highest BCUT2D eigenvalue weighted by Gasteiger charge is 2.29. The Morgan fingerprint density at radius 3 is 2.23 bits per heavy atom. The predicted octanol–water partition coefficient (Wildman–Crippen LogP) is 1.37. The van der Waals surface area contributed by atoms with Gasteiger partial charge in [0.05, 0.1) is 36.6 Å². The number of amides is 1. The number of nitrogens with one attached hydrogen (secondary N) is 1. The molecule has 1 N–H and O–H groups in total. The third kappa shape index (κ3) is 6.94. The molecule has 12 heteroatoms. The molecule has 10 nitrogen and oxygen atoms in total. The quantitative estimate of drug-likeness (QED) is 0.465. The second-order valence-corrected chi connectivity index (χ2v) is 12.0. The second-order valence-electron chi connectivity index (χ2n) is 8.20. The molecule has 1 heterocycles. The van der Waals surface area contributed by atoms with E-state index >= 15 is 0 Å². The molecule has 0 spiro atoms. The van der Waals surface area contributed by atoms with Gasteiger partial charge in [-0.3, -0.25) is 9.10 Å². The van der Waals surface area contributed by atoms with Crippen molar-refractivity contribution in [3.8, 4) is 5.75 Å². The molecule has 1 amide bonds. The lowest BCUT2D eigenvalue weighted by atomic mass is 10.2. The number of nitrogens with zero attached hydrogens (tertiary/aromatic N) is 2. The topological polar surface area (TPSA) is 122 Å². The lowest BCUT2D eigenvalue weighted by Crippen LogP contribution is -2.48. The van der Waals surface area contributed by atoms with Gasteiger partial charge in [-0.1, -0.05) is 17.7 Å². The molecular formula is C23H31N3O7S2. The molecule has 0 radical (unpaired) electrons. The third-order valence-corrected chi connectivity index (χ3v) is 8.63. The van der Waals surface area contributed by atoms with Gasteiger partial charge < -0.3 is 14.8 Å². The average molecular weight is 526 g/mol. The first kappa shape index (κ1) is 26.9. The maximum absolute atomic E-state index is 12.7. The van der Waals surface area contributed by atoms with Gasteiger partial charge in [-0.2, -0.15) is 4.31 Å². The van der Waals surface area contributed by atoms with Crippen molar-refractivity contribution >= 4 is 31.6 Å². The fraction of sp³-hybridized carbons (Fsp3) is 0.435. The number of sulfonamides is 2. The molecule has 2 aromatic rings. The van der Waals surface area contributed by atoms with Crippen molar-refractivity contribution in [2.75, 3.05) is 50.0 Å². The number of morpholine rings is 1. The molecule has 0 bridgehead atoms. The highest BCUT2D eigenvalue weighted by atomic mass is 32.2. The van der Waals surface area contributed by atoms with E-state index in [-0.39, 0.29) is 18.0 Å². The van der Waals surface area contributed by atoms with E-state index in [0.717, 1.165) is 16.1 Å². The summed E-state index contributed by atoms with van der Waals surface area (Å²) >= 11 is 0. The van der Waals surface area contributed by atoms with E-state index in [2.05, 4.69) is 5.32 Å². The molecule has 0 aliphatic carbocycles. The molecule has 2 aromatic carbocycles. The van der Waals surface area contributed by atoms with E-state index in [1.807, 2.05) is 6.92 Å². The van der Waals surface area contributed by atoms with Crippen molar-refractivity contribution in [2.45, 2.75) is 24.8 Å². The Morgan fingerprint density at radius 2 is 1.66 bits per heavy atom. The van der Waals surface area contributed by atoms with Gasteiger partial charge in [0.25, 0.3) is 0 Å². The standard InChI is InChI=1S/C23H31N3O7S2/c1-18-4-6-20(7-5-18)26(34(3,28)29)19(2)23(27)24-12-15-33-21-8-10-22(11-9-21)35(30,31)25-13-16-32-17-14-25/h4-11,19H,12-17H2,1-3H3,(H,24,27)/t19-/m0/s1. The zero-order chi connectivity index (χ0) is 25.6. The third-order valence-electron chi connectivity index (χ3n) is 5.48. The van der Waals surface area contributed by atoms with Crippen LogP contribution in [0, 0.1) is 6.92 Å². The lowest BCUT2D eigenvalue weighted by Gasteiger charge is -2.28. The molecule has 3 rings (SSSR count). The van der Waals surface area contributed by atoms with Gasteiger partial charge in [0.15, 0.2) is 0 Å². The first-order chi connectivity index (χ1) is 16.5. The Labute approximate surface area is 206 Å². The van der Waals surface area contributed by atoms with Crippen LogP contribution in [0.4, 0.5) is 5.69 Å². The summed E-state index contributed by atoms with van der Waals surface area (Å²) in [6.45, 7) is 5.06. The molecular weight excluding hydrogens is 494 g/mol. The summed E-state index contributed by atoms with van der Waals surface area (Å²) in [5, 5.41) is 2.68. The van der Waals surface area contributed by atoms with Crippen LogP contribution in [0.3, 0.4) is 0 Å². The van der Waals surface area contributed by atoms with Crippen LogP contribution >= 0.6 is 0 Å². The van der Waals surface area contributed by atoms with Gasteiger partial charge >= 0.3 is 0 Å². The van der Waals surface area contributed by atoms with Crippen molar-refractivity contribution in [2.24, 2.45) is 0 Å². The molecule has 0 unspecified atom stereocenters. The van der Waals surface area contributed by atoms with Crippen molar-refractivity contribution in [1.82, 2.24) is 9.62 Å². The molecule has 192 valence electrons. The van der Waals surface area contributed by atoms with E-state index in [0.29, 0.717) is 37.7 Å². The molecule has 1 aliphatic rings. The lowest BCUT2D eigenvalue weighted by molar-refractivity contribution is -0.121. The Morgan fingerprint density at radius 1 is 1.06 bits per heavy atom. The molecule has 1 fully saturated rings. The Bertz CT molecular complexity index is 1210. The Kier molecular flexibility index (Phi) is 8.75. The van der Waals surface area contributed by atoms with Crippen molar-refractivity contribution in [1.29, 1.82) is 0 Å². The van der Waals surface area contributed by atoms with Gasteiger partial charge in [-0.05, 0) is 50.2 Å². The zero-order valence-electron chi connectivity index (χ0n) is 20.0. The van der Waals surface area contributed by atoms with Gasteiger partial charge in [0.1, 0.15) is 18.4 Å². The number of hydrogen-bond donors (Lipinski definition) is 1. The summed E-state index contributed by atoms with van der Waals surface area (Å²) in [5.74, 6) is -0.0165. The smallest absolute Gasteiger partial charge is 0.243 e. The number of benzene rings is 2. The monoisotopic (exact) mass is 525 g/mol. The van der Waals surface area contributed by atoms with Crippen LogP contribution in [0.5, 0.6) is 5.75 Å². The van der Waals surface area contributed by atoms with Gasteiger partial charge in [-0.15, -0.1) is 0 Å². The fourth-order valence-electron chi connectivity index (χ4n) is 3.64. The second kappa shape index (κ2) is 11.4. The number of rotatable bonds is 10. The normalized spacial score (nSPS) is 15.9. The zero-order valence-corrected chi connectivity index (χ0v) is 21.6. The largest absolute Gasteiger partial charge is 0.492 e. The molecule has 0 saturated carbocycles. The van der Waals surface area contributed by atoms with Crippen LogP contribution in [0.2, 0.25) is 0 Å². The average Bonchev–Trinajstić information content (AvgIpc) is 2.83. The van der Waals surface area contributed by atoms with E-state index in [1.165, 1.54) is 23.4 Å². The molecule has 35 heavy (non-hydrogen) atoms. The number of ether oxygens (including phenoxy) is 2.